The third kappa shape index (κ3) is 3.53. The van der Waals surface area contributed by atoms with Crippen molar-refractivity contribution in [2.75, 3.05) is 13.1 Å². The first-order valence-electron chi connectivity index (χ1n) is 9.22. The van der Waals surface area contributed by atoms with E-state index in [-0.39, 0.29) is 24.8 Å². The lowest BCUT2D eigenvalue weighted by atomic mass is 9.95. The number of carbonyl (C=O) groups is 2. The number of amides is 2. The van der Waals surface area contributed by atoms with Gasteiger partial charge in [0, 0.05) is 25.1 Å². The standard InChI is InChI=1S/C19H21N5O5/c1-9-13(10(2)28-22-9)6-12-4-5-16(27-12)19(26)24-7-14(17(20)25)15(8-24)18-21-11(3)23-29-18/h4-5,14-15H,6-8H2,1-3H3,(H2,20,25)/t14-,15-/m1/s1. The van der Waals surface area contributed by atoms with Gasteiger partial charge in [-0.2, -0.15) is 4.98 Å². The molecule has 3 aromatic heterocycles. The third-order valence-electron chi connectivity index (χ3n) is 5.24. The second-order valence-electron chi connectivity index (χ2n) is 7.25. The zero-order chi connectivity index (χ0) is 20.7. The van der Waals surface area contributed by atoms with Gasteiger partial charge in [-0.25, -0.2) is 0 Å². The van der Waals surface area contributed by atoms with Crippen LogP contribution < -0.4 is 5.73 Å². The minimum atomic E-state index is -0.601. The molecule has 4 heterocycles. The molecule has 1 aliphatic rings. The number of carbonyl (C=O) groups excluding carboxylic acids is 2. The van der Waals surface area contributed by atoms with E-state index in [0.717, 1.165) is 11.3 Å². The van der Waals surface area contributed by atoms with E-state index in [1.165, 1.54) is 4.90 Å². The lowest BCUT2D eigenvalue weighted by Gasteiger charge is -2.13. The van der Waals surface area contributed by atoms with Crippen LogP contribution in [0.5, 0.6) is 0 Å². The molecule has 0 aromatic carbocycles. The van der Waals surface area contributed by atoms with Gasteiger partial charge in [-0.3, -0.25) is 9.59 Å². The van der Waals surface area contributed by atoms with Crippen LogP contribution in [0.3, 0.4) is 0 Å². The molecule has 152 valence electrons. The minimum Gasteiger partial charge on any atom is -0.456 e. The smallest absolute Gasteiger partial charge is 0.289 e. The summed E-state index contributed by atoms with van der Waals surface area (Å²) in [5.41, 5.74) is 7.25. The van der Waals surface area contributed by atoms with Crippen LogP contribution in [0.2, 0.25) is 0 Å². The molecule has 1 aliphatic heterocycles. The van der Waals surface area contributed by atoms with Crippen molar-refractivity contribution in [2.45, 2.75) is 33.1 Å². The fourth-order valence-corrected chi connectivity index (χ4v) is 3.64. The van der Waals surface area contributed by atoms with E-state index in [0.29, 0.717) is 29.7 Å². The number of likely N-dealkylation sites (tertiary alicyclic amines) is 1. The van der Waals surface area contributed by atoms with Crippen molar-refractivity contribution in [3.63, 3.8) is 0 Å². The number of hydrogen-bond donors (Lipinski definition) is 1. The van der Waals surface area contributed by atoms with Crippen LogP contribution >= 0.6 is 0 Å². The summed E-state index contributed by atoms with van der Waals surface area (Å²) in [6.07, 6.45) is 0.474. The van der Waals surface area contributed by atoms with Crippen LogP contribution in [-0.4, -0.2) is 45.1 Å². The molecule has 2 atom stereocenters. The first-order valence-corrected chi connectivity index (χ1v) is 9.22. The van der Waals surface area contributed by atoms with Gasteiger partial charge in [0.25, 0.3) is 5.91 Å². The van der Waals surface area contributed by atoms with E-state index in [4.69, 9.17) is 19.2 Å². The Morgan fingerprint density at radius 1 is 1.17 bits per heavy atom. The molecule has 29 heavy (non-hydrogen) atoms. The van der Waals surface area contributed by atoms with Crippen LogP contribution in [0.1, 0.15) is 51.0 Å². The zero-order valence-corrected chi connectivity index (χ0v) is 16.3. The third-order valence-corrected chi connectivity index (χ3v) is 5.24. The maximum absolute atomic E-state index is 12.9. The van der Waals surface area contributed by atoms with Crippen molar-refractivity contribution in [3.8, 4) is 0 Å². The molecule has 0 spiro atoms. The molecule has 0 unspecified atom stereocenters. The van der Waals surface area contributed by atoms with Crippen LogP contribution in [0.25, 0.3) is 0 Å². The number of aryl methyl sites for hydroxylation is 3. The minimum absolute atomic E-state index is 0.167. The maximum Gasteiger partial charge on any atom is 0.289 e. The average molecular weight is 399 g/mol. The van der Waals surface area contributed by atoms with Crippen molar-refractivity contribution in [2.24, 2.45) is 11.7 Å². The lowest BCUT2D eigenvalue weighted by Crippen LogP contribution is -2.31. The van der Waals surface area contributed by atoms with E-state index in [9.17, 15) is 9.59 Å². The summed E-state index contributed by atoms with van der Waals surface area (Å²) in [6.45, 7) is 5.79. The Labute approximate surface area is 166 Å². The van der Waals surface area contributed by atoms with Gasteiger partial charge in [0.2, 0.25) is 11.8 Å². The number of nitrogens with two attached hydrogens (primary N) is 1. The van der Waals surface area contributed by atoms with Gasteiger partial charge in [-0.05, 0) is 32.9 Å². The van der Waals surface area contributed by atoms with Gasteiger partial charge >= 0.3 is 0 Å². The van der Waals surface area contributed by atoms with E-state index >= 15 is 0 Å². The van der Waals surface area contributed by atoms with E-state index < -0.39 is 17.7 Å². The summed E-state index contributed by atoms with van der Waals surface area (Å²) >= 11 is 0. The SMILES string of the molecule is Cc1noc([C@@H]2CN(C(=O)c3ccc(Cc4c(C)noc4C)o3)C[C@H]2C(N)=O)n1. The molecule has 10 nitrogen and oxygen atoms in total. The van der Waals surface area contributed by atoms with Gasteiger partial charge in [0.05, 0.1) is 17.5 Å². The Morgan fingerprint density at radius 2 is 1.97 bits per heavy atom. The molecular formula is C19H21N5O5. The van der Waals surface area contributed by atoms with Gasteiger partial charge in [-0.15, -0.1) is 0 Å². The summed E-state index contributed by atoms with van der Waals surface area (Å²) in [5.74, 6) is 0.427. The molecule has 0 saturated carbocycles. The number of furan rings is 1. The first-order chi connectivity index (χ1) is 13.8. The Morgan fingerprint density at radius 3 is 2.59 bits per heavy atom. The molecule has 0 radical (unpaired) electrons. The Kier molecular flexibility index (Phi) is 4.69. The highest BCUT2D eigenvalue weighted by molar-refractivity contribution is 5.92. The highest BCUT2D eigenvalue weighted by Gasteiger charge is 2.43. The quantitative estimate of drug-likeness (QED) is 0.680. The average Bonchev–Trinajstić information content (AvgIpc) is 3.45. The Bertz CT molecular complexity index is 1050. The molecule has 0 aliphatic carbocycles. The molecule has 3 aromatic rings. The van der Waals surface area contributed by atoms with Gasteiger partial charge < -0.3 is 24.1 Å². The zero-order valence-electron chi connectivity index (χ0n) is 16.3. The van der Waals surface area contributed by atoms with Gasteiger partial charge in [0.1, 0.15) is 11.5 Å². The lowest BCUT2D eigenvalue weighted by molar-refractivity contribution is -0.121. The van der Waals surface area contributed by atoms with Crippen LogP contribution in [0.4, 0.5) is 0 Å². The fourth-order valence-electron chi connectivity index (χ4n) is 3.64. The van der Waals surface area contributed by atoms with Gasteiger partial charge in [0.15, 0.2) is 11.6 Å². The van der Waals surface area contributed by atoms with Crippen molar-refractivity contribution < 1.29 is 23.1 Å². The molecule has 1 saturated heterocycles. The molecule has 0 bridgehead atoms. The van der Waals surface area contributed by atoms with Crippen molar-refractivity contribution >= 4 is 11.8 Å². The highest BCUT2D eigenvalue weighted by Crippen LogP contribution is 2.33. The highest BCUT2D eigenvalue weighted by atomic mass is 16.5. The predicted octanol–water partition coefficient (Wildman–Crippen LogP) is 1.51. The normalized spacial score (nSPS) is 19.1. The molecule has 1 fully saturated rings. The van der Waals surface area contributed by atoms with Crippen LogP contribution in [0, 0.1) is 26.7 Å². The second kappa shape index (κ2) is 7.19. The van der Waals surface area contributed by atoms with Crippen molar-refractivity contribution in [3.05, 3.63) is 52.4 Å². The second-order valence-corrected chi connectivity index (χ2v) is 7.25. The molecule has 2 amide bonds. The molecule has 10 heteroatoms. The summed E-state index contributed by atoms with van der Waals surface area (Å²) in [7, 11) is 0. The van der Waals surface area contributed by atoms with Crippen LogP contribution in [0.15, 0.2) is 25.6 Å². The number of hydrogen-bond acceptors (Lipinski definition) is 8. The molecule has 4 rings (SSSR count). The summed E-state index contributed by atoms with van der Waals surface area (Å²) in [4.78, 5) is 30.5. The number of aromatic nitrogens is 3. The van der Waals surface area contributed by atoms with Gasteiger partial charge in [-0.1, -0.05) is 10.3 Å². The summed E-state index contributed by atoms with van der Waals surface area (Å²) in [5, 5.41) is 7.69. The largest absolute Gasteiger partial charge is 0.456 e. The molecule has 2 N–H and O–H groups in total. The predicted molar refractivity (Wildman–Crippen MR) is 97.9 cm³/mol. The van der Waals surface area contributed by atoms with E-state index in [1.807, 2.05) is 13.8 Å². The van der Waals surface area contributed by atoms with E-state index in [1.54, 1.807) is 19.1 Å². The summed E-state index contributed by atoms with van der Waals surface area (Å²) in [6, 6.07) is 3.37. The monoisotopic (exact) mass is 399 g/mol. The number of rotatable bonds is 5. The fraction of sp³-hybridized carbons (Fsp3) is 0.421. The molecular weight excluding hydrogens is 378 g/mol. The Balaban J connectivity index is 1.51. The van der Waals surface area contributed by atoms with E-state index in [2.05, 4.69) is 15.3 Å². The number of primary amides is 1. The van der Waals surface area contributed by atoms with Crippen molar-refractivity contribution in [1.29, 1.82) is 0 Å². The Hall–Kier alpha value is -3.43. The van der Waals surface area contributed by atoms with Crippen molar-refractivity contribution in [1.82, 2.24) is 20.2 Å². The first kappa shape index (κ1) is 18.9. The summed E-state index contributed by atoms with van der Waals surface area (Å²) < 4.78 is 16.1. The van der Waals surface area contributed by atoms with Crippen LogP contribution in [-0.2, 0) is 11.2 Å². The topological polar surface area (TPSA) is 141 Å². The number of nitrogens with zero attached hydrogens (tertiary/aromatic N) is 4. The maximum atomic E-state index is 12.9.